The zero-order chi connectivity index (χ0) is 24.5. The van der Waals surface area contributed by atoms with Gasteiger partial charge in [0, 0.05) is 39.3 Å². The van der Waals surface area contributed by atoms with Gasteiger partial charge >= 0.3 is 0 Å². The zero-order valence-electron chi connectivity index (χ0n) is 20.8. The van der Waals surface area contributed by atoms with Crippen molar-refractivity contribution in [1.29, 1.82) is 0 Å². The van der Waals surface area contributed by atoms with Crippen LogP contribution in [0.15, 0.2) is 54.6 Å². The highest BCUT2D eigenvalue weighted by Gasteiger charge is 2.24. The van der Waals surface area contributed by atoms with Gasteiger partial charge in [-0.25, -0.2) is 0 Å². The molecule has 4 rings (SSSR count). The van der Waals surface area contributed by atoms with Crippen molar-refractivity contribution >= 4 is 11.8 Å². The van der Waals surface area contributed by atoms with Crippen molar-refractivity contribution in [2.45, 2.75) is 31.7 Å². The average molecular weight is 479 g/mol. The second kappa shape index (κ2) is 12.7. The summed E-state index contributed by atoms with van der Waals surface area (Å²) in [4.78, 5) is 32.2. The molecule has 2 aromatic carbocycles. The molecule has 2 fully saturated rings. The Kier molecular flexibility index (Phi) is 9.15. The minimum atomic E-state index is -0.220. The van der Waals surface area contributed by atoms with Crippen molar-refractivity contribution in [2.75, 3.05) is 59.5 Å². The summed E-state index contributed by atoms with van der Waals surface area (Å²) < 4.78 is 5.29. The number of carbonyl (C=O) groups excluding carboxylic acids is 2. The van der Waals surface area contributed by atoms with Crippen LogP contribution in [0.5, 0.6) is 5.75 Å². The van der Waals surface area contributed by atoms with E-state index < -0.39 is 0 Å². The number of nitrogens with zero attached hydrogens (tertiary/aromatic N) is 3. The molecular weight excluding hydrogens is 440 g/mol. The number of benzene rings is 2. The Hall–Kier alpha value is -2.90. The van der Waals surface area contributed by atoms with Crippen molar-refractivity contribution < 1.29 is 14.3 Å². The molecule has 188 valence electrons. The summed E-state index contributed by atoms with van der Waals surface area (Å²) in [5, 5.41) is 3.23. The van der Waals surface area contributed by atoms with Gasteiger partial charge in [-0.3, -0.25) is 19.4 Å². The first-order chi connectivity index (χ1) is 17.1. The Bertz CT molecular complexity index is 934. The molecule has 1 N–H and O–H groups in total. The molecule has 0 spiro atoms. The van der Waals surface area contributed by atoms with Crippen LogP contribution in [0.3, 0.4) is 0 Å². The van der Waals surface area contributed by atoms with E-state index in [-0.39, 0.29) is 17.9 Å². The van der Waals surface area contributed by atoms with Gasteiger partial charge in [0.2, 0.25) is 11.8 Å². The van der Waals surface area contributed by atoms with E-state index in [0.29, 0.717) is 13.1 Å². The van der Waals surface area contributed by atoms with Gasteiger partial charge in [-0.2, -0.15) is 0 Å². The van der Waals surface area contributed by atoms with Crippen LogP contribution in [0.2, 0.25) is 0 Å². The number of carbonyl (C=O) groups is 2. The molecule has 0 aliphatic carbocycles. The number of ether oxygens (including phenoxy) is 1. The maximum absolute atomic E-state index is 13.0. The summed E-state index contributed by atoms with van der Waals surface area (Å²) in [5.41, 5.74) is 2.06. The minimum absolute atomic E-state index is 0.00349. The third kappa shape index (κ3) is 7.29. The smallest absolute Gasteiger partial charge is 0.236 e. The SMILES string of the molecule is COc1ccc([C@H](NC(=O)CN2CCN(CC(=O)N3CCCCCC3)CC2)c2ccccc2)cc1. The van der Waals surface area contributed by atoms with Crippen LogP contribution in [0, 0.1) is 0 Å². The summed E-state index contributed by atoms with van der Waals surface area (Å²) >= 11 is 0. The van der Waals surface area contributed by atoms with Gasteiger partial charge < -0.3 is 15.0 Å². The fourth-order valence-corrected chi connectivity index (χ4v) is 4.93. The third-order valence-corrected chi connectivity index (χ3v) is 7.04. The van der Waals surface area contributed by atoms with Crippen LogP contribution in [0.1, 0.15) is 42.9 Å². The lowest BCUT2D eigenvalue weighted by atomic mass is 9.98. The van der Waals surface area contributed by atoms with Gasteiger partial charge in [-0.15, -0.1) is 0 Å². The third-order valence-electron chi connectivity index (χ3n) is 7.04. The van der Waals surface area contributed by atoms with Gasteiger partial charge in [-0.05, 0) is 36.1 Å². The van der Waals surface area contributed by atoms with E-state index in [9.17, 15) is 9.59 Å². The number of amides is 2. The van der Waals surface area contributed by atoms with Crippen LogP contribution in [-0.2, 0) is 9.59 Å². The van der Waals surface area contributed by atoms with Crippen LogP contribution < -0.4 is 10.1 Å². The van der Waals surface area contributed by atoms with E-state index in [0.717, 1.165) is 69.0 Å². The van der Waals surface area contributed by atoms with Crippen molar-refractivity contribution in [1.82, 2.24) is 20.0 Å². The topological polar surface area (TPSA) is 65.1 Å². The van der Waals surface area contributed by atoms with Crippen LogP contribution >= 0.6 is 0 Å². The molecule has 35 heavy (non-hydrogen) atoms. The number of hydrogen-bond acceptors (Lipinski definition) is 5. The number of nitrogens with one attached hydrogen (secondary N) is 1. The molecule has 2 aliphatic rings. The second-order valence-electron chi connectivity index (χ2n) is 9.53. The molecule has 2 aromatic rings. The van der Waals surface area contributed by atoms with Crippen molar-refractivity contribution in [2.24, 2.45) is 0 Å². The highest BCUT2D eigenvalue weighted by atomic mass is 16.5. The van der Waals surface area contributed by atoms with Crippen molar-refractivity contribution in [3.05, 3.63) is 65.7 Å². The number of piperazine rings is 1. The maximum atomic E-state index is 13.0. The lowest BCUT2D eigenvalue weighted by Crippen LogP contribution is -2.52. The molecule has 2 heterocycles. The Morgan fingerprint density at radius 3 is 1.94 bits per heavy atom. The molecule has 7 heteroatoms. The van der Waals surface area contributed by atoms with E-state index in [1.807, 2.05) is 59.5 Å². The van der Waals surface area contributed by atoms with E-state index in [1.165, 1.54) is 12.8 Å². The summed E-state index contributed by atoms with van der Waals surface area (Å²) in [6, 6.07) is 17.6. The van der Waals surface area contributed by atoms with Crippen LogP contribution in [-0.4, -0.2) is 86.0 Å². The van der Waals surface area contributed by atoms with Gasteiger partial charge in [0.25, 0.3) is 0 Å². The van der Waals surface area contributed by atoms with Crippen LogP contribution in [0.25, 0.3) is 0 Å². The first-order valence-electron chi connectivity index (χ1n) is 12.8. The Morgan fingerprint density at radius 1 is 0.771 bits per heavy atom. The fourth-order valence-electron chi connectivity index (χ4n) is 4.93. The quantitative estimate of drug-likeness (QED) is 0.632. The van der Waals surface area contributed by atoms with Crippen molar-refractivity contribution in [3.8, 4) is 5.75 Å². The zero-order valence-corrected chi connectivity index (χ0v) is 20.8. The van der Waals surface area contributed by atoms with E-state index in [1.54, 1.807) is 7.11 Å². The molecule has 7 nitrogen and oxygen atoms in total. The lowest BCUT2D eigenvalue weighted by Gasteiger charge is -2.35. The molecule has 0 unspecified atom stereocenters. The monoisotopic (exact) mass is 478 g/mol. The lowest BCUT2D eigenvalue weighted by molar-refractivity contribution is -0.133. The first-order valence-corrected chi connectivity index (χ1v) is 12.8. The Balaban J connectivity index is 1.28. The van der Waals surface area contributed by atoms with Gasteiger partial charge in [-0.1, -0.05) is 55.3 Å². The molecule has 2 aliphatic heterocycles. The van der Waals surface area contributed by atoms with Gasteiger partial charge in [0.05, 0.1) is 26.2 Å². The summed E-state index contributed by atoms with van der Waals surface area (Å²) in [5.74, 6) is 1.05. The van der Waals surface area contributed by atoms with Gasteiger partial charge in [0.1, 0.15) is 5.75 Å². The first kappa shape index (κ1) is 25.2. The number of likely N-dealkylation sites (tertiary alicyclic amines) is 1. The Morgan fingerprint density at radius 2 is 1.34 bits per heavy atom. The summed E-state index contributed by atoms with van der Waals surface area (Å²) in [6.45, 7) is 5.85. The van der Waals surface area contributed by atoms with Crippen molar-refractivity contribution in [3.63, 3.8) is 0 Å². The van der Waals surface area contributed by atoms with E-state index in [4.69, 9.17) is 4.74 Å². The maximum Gasteiger partial charge on any atom is 0.236 e. The normalized spacial score (nSPS) is 18.5. The fraction of sp³-hybridized carbons (Fsp3) is 0.500. The molecule has 2 amide bonds. The van der Waals surface area contributed by atoms with Crippen LogP contribution in [0.4, 0.5) is 0 Å². The standard InChI is InChI=1S/C28H38N4O3/c1-35-25-13-11-24(12-14-25)28(23-9-5-4-6-10-23)29-26(33)21-30-17-19-31(20-18-30)22-27(34)32-15-7-2-3-8-16-32/h4-6,9-14,28H,2-3,7-8,15-22H2,1H3,(H,29,33)/t28-/m1/s1. The second-order valence-corrected chi connectivity index (χ2v) is 9.53. The summed E-state index contributed by atoms with van der Waals surface area (Å²) in [6.07, 6.45) is 4.70. The number of rotatable bonds is 8. The molecular formula is C28H38N4O3. The van der Waals surface area contributed by atoms with Gasteiger partial charge in [0.15, 0.2) is 0 Å². The number of methoxy groups -OCH3 is 1. The largest absolute Gasteiger partial charge is 0.497 e. The highest BCUT2D eigenvalue weighted by molar-refractivity contribution is 5.79. The predicted molar refractivity (Wildman–Crippen MR) is 137 cm³/mol. The molecule has 0 saturated carbocycles. The molecule has 2 saturated heterocycles. The minimum Gasteiger partial charge on any atom is -0.497 e. The number of hydrogen-bond donors (Lipinski definition) is 1. The molecule has 1 atom stereocenters. The molecule has 0 bridgehead atoms. The van der Waals surface area contributed by atoms with E-state index in [2.05, 4.69) is 15.1 Å². The predicted octanol–water partition coefficient (Wildman–Crippen LogP) is 2.92. The molecule has 0 aromatic heterocycles. The highest BCUT2D eigenvalue weighted by Crippen LogP contribution is 2.24. The average Bonchev–Trinajstić information content (AvgIpc) is 3.19. The van der Waals surface area contributed by atoms with E-state index >= 15 is 0 Å². The molecule has 0 radical (unpaired) electrons. The Labute approximate surface area is 209 Å². The summed E-state index contributed by atoms with van der Waals surface area (Å²) in [7, 11) is 1.65.